The Balaban J connectivity index is 1.53. The van der Waals surface area contributed by atoms with E-state index in [1.54, 1.807) is 12.3 Å². The predicted octanol–water partition coefficient (Wildman–Crippen LogP) is 3.65. The third kappa shape index (κ3) is 5.53. The van der Waals surface area contributed by atoms with Crippen molar-refractivity contribution < 1.29 is 13.2 Å². The molecular weight excluding hydrogens is 360 g/mol. The highest BCUT2D eigenvalue weighted by molar-refractivity contribution is 7.90. The highest BCUT2D eigenvalue weighted by Gasteiger charge is 2.29. The van der Waals surface area contributed by atoms with Crippen LogP contribution in [0.5, 0.6) is 5.75 Å². The van der Waals surface area contributed by atoms with E-state index >= 15 is 0 Å². The summed E-state index contributed by atoms with van der Waals surface area (Å²) in [5.74, 6) is 0.861. The maximum atomic E-state index is 11.5. The fourth-order valence-corrected chi connectivity index (χ4v) is 3.52. The summed E-state index contributed by atoms with van der Waals surface area (Å²) in [6, 6.07) is 11.2. The molecule has 1 aromatic heterocycles. The Bertz CT molecular complexity index is 863. The van der Waals surface area contributed by atoms with Gasteiger partial charge in [-0.25, -0.2) is 13.4 Å². The lowest BCUT2D eigenvalue weighted by molar-refractivity contribution is 0.0140. The molecule has 0 saturated carbocycles. The molecule has 0 bridgehead atoms. The zero-order valence-corrected chi connectivity index (χ0v) is 17.3. The van der Waals surface area contributed by atoms with Crippen molar-refractivity contribution in [2.24, 2.45) is 5.41 Å². The van der Waals surface area contributed by atoms with Crippen molar-refractivity contribution in [1.82, 2.24) is 9.88 Å². The molecule has 1 aromatic carbocycles. The number of hydrogen-bond donors (Lipinski definition) is 0. The lowest BCUT2D eigenvalue weighted by Crippen LogP contribution is -2.54. The van der Waals surface area contributed by atoms with Gasteiger partial charge in [0.2, 0.25) is 0 Å². The zero-order valence-electron chi connectivity index (χ0n) is 16.5. The monoisotopic (exact) mass is 388 g/mol. The Hall–Kier alpha value is -1.92. The van der Waals surface area contributed by atoms with Crippen LogP contribution in [-0.2, 0) is 9.84 Å². The fraction of sp³-hybridized carbons (Fsp3) is 0.476. The van der Waals surface area contributed by atoms with Crippen LogP contribution in [0.2, 0.25) is 0 Å². The molecule has 0 spiro atoms. The van der Waals surface area contributed by atoms with E-state index in [1.807, 2.05) is 24.3 Å². The summed E-state index contributed by atoms with van der Waals surface area (Å²) in [6.07, 6.45) is 4.20. The SMILES string of the molecule is CC(C)(C)CCN1CC(Oc2ccc(-c3ccc(S(C)(=O)=O)nc3)cc2)C1. The van der Waals surface area contributed by atoms with E-state index in [0.29, 0.717) is 5.41 Å². The van der Waals surface area contributed by atoms with E-state index in [2.05, 4.69) is 30.7 Å². The lowest BCUT2D eigenvalue weighted by atomic mass is 9.91. The van der Waals surface area contributed by atoms with Gasteiger partial charge in [-0.05, 0) is 48.2 Å². The summed E-state index contributed by atoms with van der Waals surface area (Å²) in [4.78, 5) is 6.47. The standard InChI is InChI=1S/C21H28N2O3S/c1-21(2,3)11-12-23-14-19(15-23)26-18-8-5-16(6-9-18)17-7-10-20(22-13-17)27(4,24)25/h5-10,13,19H,11-12,14-15H2,1-4H3. The molecule has 2 aromatic rings. The summed E-state index contributed by atoms with van der Waals surface area (Å²) in [5, 5.41) is 0.0900. The first-order valence-electron chi connectivity index (χ1n) is 9.26. The molecule has 1 aliphatic rings. The van der Waals surface area contributed by atoms with Gasteiger partial charge in [-0.15, -0.1) is 0 Å². The van der Waals surface area contributed by atoms with Gasteiger partial charge in [0.05, 0.1) is 0 Å². The molecule has 1 aliphatic heterocycles. The first kappa shape index (κ1) is 19.8. The van der Waals surface area contributed by atoms with Crippen molar-refractivity contribution in [2.45, 2.75) is 38.3 Å². The molecule has 0 amide bonds. The molecular formula is C21H28N2O3S. The number of rotatable bonds is 6. The van der Waals surface area contributed by atoms with E-state index in [0.717, 1.165) is 42.8 Å². The summed E-state index contributed by atoms with van der Waals surface area (Å²) < 4.78 is 29.0. The highest BCUT2D eigenvalue weighted by atomic mass is 32.2. The molecule has 27 heavy (non-hydrogen) atoms. The van der Waals surface area contributed by atoms with Gasteiger partial charge < -0.3 is 4.74 Å². The van der Waals surface area contributed by atoms with E-state index in [4.69, 9.17) is 4.74 Å². The van der Waals surface area contributed by atoms with Gasteiger partial charge in [-0.3, -0.25) is 4.90 Å². The van der Waals surface area contributed by atoms with Gasteiger partial charge in [0, 0.05) is 31.1 Å². The number of sulfone groups is 1. The van der Waals surface area contributed by atoms with Crippen molar-refractivity contribution in [3.8, 4) is 16.9 Å². The van der Waals surface area contributed by atoms with Crippen LogP contribution in [0.25, 0.3) is 11.1 Å². The average molecular weight is 389 g/mol. The van der Waals surface area contributed by atoms with Crippen molar-refractivity contribution in [1.29, 1.82) is 0 Å². The second-order valence-corrected chi connectivity index (χ2v) is 10.5. The minimum atomic E-state index is -3.27. The molecule has 0 aliphatic carbocycles. The van der Waals surface area contributed by atoms with Crippen LogP contribution in [0, 0.1) is 5.41 Å². The number of nitrogens with zero attached hydrogens (tertiary/aromatic N) is 2. The largest absolute Gasteiger partial charge is 0.488 e. The Morgan fingerprint density at radius 3 is 2.22 bits per heavy atom. The first-order chi connectivity index (χ1) is 12.6. The maximum absolute atomic E-state index is 11.5. The number of hydrogen-bond acceptors (Lipinski definition) is 5. The normalized spacial score (nSPS) is 16.1. The van der Waals surface area contributed by atoms with Crippen molar-refractivity contribution in [2.75, 3.05) is 25.9 Å². The number of aromatic nitrogens is 1. The van der Waals surface area contributed by atoms with Crippen molar-refractivity contribution in [3.05, 3.63) is 42.6 Å². The van der Waals surface area contributed by atoms with Gasteiger partial charge in [-0.2, -0.15) is 0 Å². The third-order valence-corrected chi connectivity index (χ3v) is 5.71. The van der Waals surface area contributed by atoms with Gasteiger partial charge >= 0.3 is 0 Å². The number of likely N-dealkylation sites (tertiary alicyclic amines) is 1. The van der Waals surface area contributed by atoms with Crippen LogP contribution in [-0.4, -0.2) is 50.3 Å². The molecule has 146 valence electrons. The second kappa shape index (κ2) is 7.60. The molecule has 0 radical (unpaired) electrons. The van der Waals surface area contributed by atoms with Crippen LogP contribution in [0.3, 0.4) is 0 Å². The second-order valence-electron chi connectivity index (χ2n) is 8.49. The van der Waals surface area contributed by atoms with E-state index < -0.39 is 9.84 Å². The average Bonchev–Trinajstić information content (AvgIpc) is 2.56. The smallest absolute Gasteiger partial charge is 0.192 e. The topological polar surface area (TPSA) is 59.5 Å². The molecule has 3 rings (SSSR count). The fourth-order valence-electron chi connectivity index (χ4n) is 2.96. The minimum absolute atomic E-state index is 0.0900. The van der Waals surface area contributed by atoms with Gasteiger partial charge in [0.25, 0.3) is 0 Å². The van der Waals surface area contributed by atoms with Crippen molar-refractivity contribution in [3.63, 3.8) is 0 Å². The van der Waals surface area contributed by atoms with Crippen molar-refractivity contribution >= 4 is 9.84 Å². The van der Waals surface area contributed by atoms with Crippen LogP contribution < -0.4 is 4.74 Å². The van der Waals surface area contributed by atoms with Crippen LogP contribution in [0.4, 0.5) is 0 Å². The first-order valence-corrected chi connectivity index (χ1v) is 11.1. The van der Waals surface area contributed by atoms with Gasteiger partial charge in [0.1, 0.15) is 11.9 Å². The third-order valence-electron chi connectivity index (χ3n) is 4.71. The van der Waals surface area contributed by atoms with Crippen LogP contribution in [0.1, 0.15) is 27.2 Å². The summed E-state index contributed by atoms with van der Waals surface area (Å²) in [7, 11) is -3.27. The van der Waals surface area contributed by atoms with Gasteiger partial charge in [-0.1, -0.05) is 32.9 Å². The van der Waals surface area contributed by atoms with Crippen LogP contribution >= 0.6 is 0 Å². The Kier molecular flexibility index (Phi) is 5.58. The Morgan fingerprint density at radius 1 is 1.07 bits per heavy atom. The lowest BCUT2D eigenvalue weighted by Gasteiger charge is -2.40. The molecule has 1 fully saturated rings. The molecule has 5 nitrogen and oxygen atoms in total. The summed E-state index contributed by atoms with van der Waals surface area (Å²) >= 11 is 0. The Labute approximate surface area is 162 Å². The Morgan fingerprint density at radius 2 is 1.70 bits per heavy atom. The van der Waals surface area contributed by atoms with Gasteiger partial charge in [0.15, 0.2) is 14.9 Å². The minimum Gasteiger partial charge on any atom is -0.488 e. The van der Waals surface area contributed by atoms with E-state index in [9.17, 15) is 8.42 Å². The molecule has 0 atom stereocenters. The number of benzene rings is 1. The molecule has 0 unspecified atom stereocenters. The quantitative estimate of drug-likeness (QED) is 0.756. The van der Waals surface area contributed by atoms with Crippen LogP contribution in [0.15, 0.2) is 47.6 Å². The van der Waals surface area contributed by atoms with E-state index in [-0.39, 0.29) is 11.1 Å². The predicted molar refractivity (Wildman–Crippen MR) is 108 cm³/mol. The summed E-state index contributed by atoms with van der Waals surface area (Å²) in [6.45, 7) is 9.90. The highest BCUT2D eigenvalue weighted by Crippen LogP contribution is 2.25. The maximum Gasteiger partial charge on any atom is 0.192 e. The van der Waals surface area contributed by atoms with E-state index in [1.165, 1.54) is 12.5 Å². The molecule has 2 heterocycles. The molecule has 1 saturated heterocycles. The molecule has 0 N–H and O–H groups in total. The summed E-state index contributed by atoms with van der Waals surface area (Å²) in [5.41, 5.74) is 2.23. The number of ether oxygens (including phenoxy) is 1. The number of pyridine rings is 1. The molecule has 6 heteroatoms. The zero-order chi connectivity index (χ0) is 19.7.